The number of carbonyl (C=O) groups excluding carboxylic acids is 1. The van der Waals surface area contributed by atoms with E-state index in [9.17, 15) is 9.59 Å². The molecule has 1 amide bonds. The third kappa shape index (κ3) is 4.16. The second kappa shape index (κ2) is 6.81. The molecule has 0 fully saturated rings. The van der Waals surface area contributed by atoms with Crippen molar-refractivity contribution in [1.82, 2.24) is 0 Å². The third-order valence-electron chi connectivity index (χ3n) is 2.15. The van der Waals surface area contributed by atoms with Gasteiger partial charge in [-0.15, -0.1) is 0 Å². The Hall–Kier alpha value is -2.81. The van der Waals surface area contributed by atoms with E-state index in [0.29, 0.717) is 11.3 Å². The van der Waals surface area contributed by atoms with Crippen LogP contribution in [0.4, 0.5) is 10.5 Å². The summed E-state index contributed by atoms with van der Waals surface area (Å²) < 4.78 is 4.81. The van der Waals surface area contributed by atoms with Crippen LogP contribution in [0.15, 0.2) is 36.9 Å². The molecule has 0 saturated heterocycles. The van der Waals surface area contributed by atoms with Crippen molar-refractivity contribution >= 4 is 17.7 Å². The summed E-state index contributed by atoms with van der Waals surface area (Å²) in [6.45, 7) is 2.87. The summed E-state index contributed by atoms with van der Waals surface area (Å²) in [5.74, 6) is -1.17. The molecule has 0 aliphatic rings. The Labute approximate surface area is 110 Å². The fraction of sp³-hybridized carbons (Fsp3) is 0.154. The fourth-order valence-electron chi connectivity index (χ4n) is 1.32. The van der Waals surface area contributed by atoms with E-state index in [0.717, 1.165) is 4.90 Å². The van der Waals surface area contributed by atoms with Crippen molar-refractivity contribution in [2.45, 2.75) is 0 Å². The van der Waals surface area contributed by atoms with Gasteiger partial charge >= 0.3 is 12.1 Å². The number of nitriles is 1. The number of hydrogen-bond acceptors (Lipinski definition) is 4. The number of rotatable bonds is 5. The van der Waals surface area contributed by atoms with Gasteiger partial charge in [-0.05, 0) is 24.3 Å². The maximum atomic E-state index is 11.7. The van der Waals surface area contributed by atoms with E-state index in [1.165, 1.54) is 30.3 Å². The zero-order valence-corrected chi connectivity index (χ0v) is 10.1. The Kier molecular flexibility index (Phi) is 5.11. The van der Waals surface area contributed by atoms with Gasteiger partial charge < -0.3 is 9.84 Å². The fourth-order valence-corrected chi connectivity index (χ4v) is 1.32. The standard InChI is InChI=1S/C13H12N2O4/c1-2-7-19-13(18)15(9-12(16)17)11-5-3-10(8-14)4-6-11/h2-6H,1,7,9H2,(H,16,17). The molecule has 1 aromatic carbocycles. The van der Waals surface area contributed by atoms with Crippen LogP contribution in [0.3, 0.4) is 0 Å². The van der Waals surface area contributed by atoms with Crippen molar-refractivity contribution < 1.29 is 19.4 Å². The summed E-state index contributed by atoms with van der Waals surface area (Å²) in [6, 6.07) is 7.88. The van der Waals surface area contributed by atoms with Crippen LogP contribution in [-0.4, -0.2) is 30.3 Å². The number of carboxylic acid groups (broad SMARTS) is 1. The molecule has 0 bridgehead atoms. The molecule has 0 radical (unpaired) electrons. The number of anilines is 1. The highest BCUT2D eigenvalue weighted by atomic mass is 16.6. The quantitative estimate of drug-likeness (QED) is 0.815. The molecule has 0 saturated carbocycles. The van der Waals surface area contributed by atoms with Gasteiger partial charge in [0.25, 0.3) is 0 Å². The molecule has 6 nitrogen and oxygen atoms in total. The molecule has 19 heavy (non-hydrogen) atoms. The minimum Gasteiger partial charge on any atom is -0.480 e. The Bertz CT molecular complexity index is 516. The number of aliphatic carboxylic acids is 1. The van der Waals surface area contributed by atoms with Crippen LogP contribution in [0.2, 0.25) is 0 Å². The van der Waals surface area contributed by atoms with Crippen LogP contribution in [-0.2, 0) is 9.53 Å². The molecule has 0 atom stereocenters. The summed E-state index contributed by atoms with van der Waals surface area (Å²) in [7, 11) is 0. The Morgan fingerprint density at radius 2 is 2.05 bits per heavy atom. The van der Waals surface area contributed by atoms with E-state index < -0.39 is 18.6 Å². The van der Waals surface area contributed by atoms with E-state index >= 15 is 0 Å². The Morgan fingerprint density at radius 1 is 1.42 bits per heavy atom. The second-order valence-corrected chi connectivity index (χ2v) is 3.50. The van der Waals surface area contributed by atoms with Crippen molar-refractivity contribution in [3.05, 3.63) is 42.5 Å². The van der Waals surface area contributed by atoms with Crippen molar-refractivity contribution in [2.24, 2.45) is 0 Å². The molecule has 0 aliphatic carbocycles. The summed E-state index contributed by atoms with van der Waals surface area (Å²) in [4.78, 5) is 23.4. The topological polar surface area (TPSA) is 90.6 Å². The lowest BCUT2D eigenvalue weighted by molar-refractivity contribution is -0.135. The van der Waals surface area contributed by atoms with Crippen LogP contribution in [0, 0.1) is 11.3 Å². The van der Waals surface area contributed by atoms with Crippen molar-refractivity contribution in [2.75, 3.05) is 18.1 Å². The molecule has 0 aromatic heterocycles. The molecule has 1 N–H and O–H groups in total. The van der Waals surface area contributed by atoms with Crippen LogP contribution >= 0.6 is 0 Å². The van der Waals surface area contributed by atoms with Crippen molar-refractivity contribution in [3.63, 3.8) is 0 Å². The van der Waals surface area contributed by atoms with Gasteiger partial charge in [-0.2, -0.15) is 5.26 Å². The minimum atomic E-state index is -1.17. The van der Waals surface area contributed by atoms with E-state index in [4.69, 9.17) is 15.1 Å². The van der Waals surface area contributed by atoms with Crippen molar-refractivity contribution in [3.8, 4) is 6.07 Å². The molecule has 0 heterocycles. The Balaban J connectivity index is 2.94. The highest BCUT2D eigenvalue weighted by Gasteiger charge is 2.19. The maximum absolute atomic E-state index is 11.7. The molecule has 0 unspecified atom stereocenters. The lowest BCUT2D eigenvalue weighted by atomic mass is 10.2. The van der Waals surface area contributed by atoms with Crippen molar-refractivity contribution in [1.29, 1.82) is 5.26 Å². The van der Waals surface area contributed by atoms with E-state index in [2.05, 4.69) is 6.58 Å². The van der Waals surface area contributed by atoms with Crippen LogP contribution in [0.1, 0.15) is 5.56 Å². The molecule has 98 valence electrons. The van der Waals surface area contributed by atoms with Gasteiger partial charge in [0.05, 0.1) is 11.6 Å². The lowest BCUT2D eigenvalue weighted by Crippen LogP contribution is -2.36. The van der Waals surface area contributed by atoms with Crippen LogP contribution < -0.4 is 4.90 Å². The lowest BCUT2D eigenvalue weighted by Gasteiger charge is -2.19. The molecule has 0 spiro atoms. The summed E-state index contributed by atoms with van der Waals surface area (Å²) in [6.07, 6.45) is 0.599. The van der Waals surface area contributed by atoms with E-state index in [-0.39, 0.29) is 6.61 Å². The Morgan fingerprint density at radius 3 is 2.53 bits per heavy atom. The first-order valence-corrected chi connectivity index (χ1v) is 5.35. The van der Waals surface area contributed by atoms with E-state index in [1.807, 2.05) is 6.07 Å². The summed E-state index contributed by atoms with van der Waals surface area (Å²) in [5.41, 5.74) is 0.758. The first-order valence-electron chi connectivity index (χ1n) is 5.35. The normalized spacial score (nSPS) is 9.21. The van der Waals surface area contributed by atoms with Gasteiger partial charge in [-0.1, -0.05) is 12.7 Å². The van der Waals surface area contributed by atoms with Gasteiger partial charge in [0.1, 0.15) is 13.2 Å². The van der Waals surface area contributed by atoms with E-state index in [1.54, 1.807) is 0 Å². The van der Waals surface area contributed by atoms with Gasteiger partial charge in [0.2, 0.25) is 0 Å². The van der Waals surface area contributed by atoms with Gasteiger partial charge in [0, 0.05) is 5.69 Å². The second-order valence-electron chi connectivity index (χ2n) is 3.50. The third-order valence-corrected chi connectivity index (χ3v) is 2.15. The zero-order chi connectivity index (χ0) is 14.3. The monoisotopic (exact) mass is 260 g/mol. The largest absolute Gasteiger partial charge is 0.480 e. The zero-order valence-electron chi connectivity index (χ0n) is 10.1. The molecule has 6 heteroatoms. The molecule has 1 rings (SSSR count). The number of carbonyl (C=O) groups is 2. The predicted molar refractivity (Wildman–Crippen MR) is 67.7 cm³/mol. The summed E-state index contributed by atoms with van der Waals surface area (Å²) >= 11 is 0. The predicted octanol–water partition coefficient (Wildman–Crippen LogP) is 1.77. The average Bonchev–Trinajstić information content (AvgIpc) is 2.42. The number of carboxylic acids is 1. The molecular formula is C13H12N2O4. The van der Waals surface area contributed by atoms with Crippen LogP contribution in [0.25, 0.3) is 0 Å². The first-order chi connectivity index (χ1) is 9.08. The maximum Gasteiger partial charge on any atom is 0.415 e. The first kappa shape index (κ1) is 14.3. The number of nitrogens with zero attached hydrogens (tertiary/aromatic N) is 2. The number of benzene rings is 1. The number of amides is 1. The van der Waals surface area contributed by atoms with Crippen LogP contribution in [0.5, 0.6) is 0 Å². The van der Waals surface area contributed by atoms with Gasteiger partial charge in [0.15, 0.2) is 0 Å². The number of hydrogen-bond donors (Lipinski definition) is 1. The smallest absolute Gasteiger partial charge is 0.415 e. The minimum absolute atomic E-state index is 0.00870. The summed E-state index contributed by atoms with van der Waals surface area (Å²) in [5, 5.41) is 17.5. The molecular weight excluding hydrogens is 248 g/mol. The highest BCUT2D eigenvalue weighted by molar-refractivity contribution is 5.93. The molecule has 0 aliphatic heterocycles. The van der Waals surface area contributed by atoms with Gasteiger partial charge in [-0.25, -0.2) is 4.79 Å². The molecule has 1 aromatic rings. The SMILES string of the molecule is C=CCOC(=O)N(CC(=O)O)c1ccc(C#N)cc1. The highest BCUT2D eigenvalue weighted by Crippen LogP contribution is 2.16. The number of ether oxygens (including phenoxy) is 1. The van der Waals surface area contributed by atoms with Gasteiger partial charge in [-0.3, -0.25) is 9.69 Å². The average molecular weight is 260 g/mol.